The van der Waals surface area contributed by atoms with E-state index >= 15 is 0 Å². The summed E-state index contributed by atoms with van der Waals surface area (Å²) in [5, 5.41) is 0. The monoisotopic (exact) mass is 419 g/mol. The number of anilines is 1. The maximum absolute atomic E-state index is 13.4. The molecule has 0 amide bonds. The van der Waals surface area contributed by atoms with Crippen molar-refractivity contribution in [1.82, 2.24) is 0 Å². The topological polar surface area (TPSA) is 80.3 Å². The summed E-state index contributed by atoms with van der Waals surface area (Å²) in [5.74, 6) is -0.589. The molecule has 0 atom stereocenters. The minimum Gasteiger partial charge on any atom is -0.280 e. The first-order valence-corrected chi connectivity index (χ1v) is 11.3. The van der Waals surface area contributed by atoms with Gasteiger partial charge in [-0.25, -0.2) is 21.2 Å². The Balaban J connectivity index is 2.14. The minimum atomic E-state index is -4.13. The van der Waals surface area contributed by atoms with Crippen molar-refractivity contribution in [1.29, 1.82) is 0 Å². The van der Waals surface area contributed by atoms with Crippen LogP contribution in [0.25, 0.3) is 0 Å². The molecule has 28 heavy (non-hydrogen) atoms. The number of aryl methyl sites for hydroxylation is 1. The first-order chi connectivity index (χ1) is 13.1. The van der Waals surface area contributed by atoms with Crippen LogP contribution in [0.3, 0.4) is 0 Å². The molecule has 0 radical (unpaired) electrons. The Kier molecular flexibility index (Phi) is 5.27. The largest absolute Gasteiger partial charge is 0.280 e. The fourth-order valence-corrected chi connectivity index (χ4v) is 5.93. The zero-order chi connectivity index (χ0) is 20.5. The molecule has 3 aromatic rings. The van der Waals surface area contributed by atoms with Gasteiger partial charge >= 0.3 is 0 Å². The zero-order valence-electron chi connectivity index (χ0n) is 15.2. The highest BCUT2D eigenvalue weighted by molar-refractivity contribution is 7.93. The van der Waals surface area contributed by atoms with E-state index in [9.17, 15) is 21.2 Å². The second-order valence-corrected chi connectivity index (χ2v) is 9.89. The van der Waals surface area contributed by atoms with Crippen molar-refractivity contribution in [2.75, 3.05) is 4.72 Å². The molecule has 3 aromatic carbocycles. The SMILES string of the molecule is Cc1cc(S(=O)(=O)Nc2cccc(F)c2)c(C)c(S(=O)(=O)c2ccccc2)c1. The Labute approximate surface area is 163 Å². The molecular formula is C20H18FNO4S2. The third-order valence-corrected chi connectivity index (χ3v) is 7.57. The summed E-state index contributed by atoms with van der Waals surface area (Å²) in [5.41, 5.74) is 0.617. The molecule has 5 nitrogen and oxygen atoms in total. The number of nitrogens with one attached hydrogen (secondary N) is 1. The standard InChI is InChI=1S/C20H18FNO4S2/c1-14-11-19(27(23,24)18-9-4-3-5-10-18)15(2)20(12-14)28(25,26)22-17-8-6-7-16(21)13-17/h3-13,22H,1-2H3. The molecule has 1 N–H and O–H groups in total. The van der Waals surface area contributed by atoms with Crippen LogP contribution in [-0.4, -0.2) is 16.8 Å². The van der Waals surface area contributed by atoms with Gasteiger partial charge in [-0.3, -0.25) is 4.72 Å². The maximum atomic E-state index is 13.4. The smallest absolute Gasteiger partial charge is 0.262 e. The highest BCUT2D eigenvalue weighted by atomic mass is 32.2. The summed E-state index contributed by atoms with van der Waals surface area (Å²) in [4.78, 5) is -0.185. The fraction of sp³-hybridized carbons (Fsp3) is 0.100. The molecular weight excluding hydrogens is 401 g/mol. The van der Waals surface area contributed by atoms with Crippen molar-refractivity contribution in [2.24, 2.45) is 0 Å². The van der Waals surface area contributed by atoms with Crippen LogP contribution < -0.4 is 4.72 Å². The minimum absolute atomic E-state index is 0.0494. The normalized spacial score (nSPS) is 12.0. The van der Waals surface area contributed by atoms with Gasteiger partial charge in [-0.2, -0.15) is 0 Å². The highest BCUT2D eigenvalue weighted by Gasteiger charge is 2.26. The number of hydrogen-bond donors (Lipinski definition) is 1. The van der Waals surface area contributed by atoms with Gasteiger partial charge in [-0.1, -0.05) is 24.3 Å². The van der Waals surface area contributed by atoms with Gasteiger partial charge in [0.2, 0.25) is 9.84 Å². The van der Waals surface area contributed by atoms with E-state index in [1.165, 1.54) is 49.4 Å². The Bertz CT molecular complexity index is 1240. The van der Waals surface area contributed by atoms with Crippen LogP contribution in [0.4, 0.5) is 10.1 Å². The number of halogens is 1. The molecule has 0 aliphatic carbocycles. The van der Waals surface area contributed by atoms with E-state index in [0.29, 0.717) is 5.56 Å². The molecule has 0 fully saturated rings. The first kappa shape index (κ1) is 20.0. The van der Waals surface area contributed by atoms with E-state index in [-0.39, 0.29) is 25.9 Å². The van der Waals surface area contributed by atoms with Crippen molar-refractivity contribution < 1.29 is 21.2 Å². The van der Waals surface area contributed by atoms with Gasteiger partial charge in [0.15, 0.2) is 0 Å². The first-order valence-electron chi connectivity index (χ1n) is 8.31. The van der Waals surface area contributed by atoms with Gasteiger partial charge in [-0.05, 0) is 67.4 Å². The zero-order valence-corrected chi connectivity index (χ0v) is 16.8. The average molecular weight is 419 g/mol. The molecule has 0 saturated heterocycles. The van der Waals surface area contributed by atoms with E-state index in [4.69, 9.17) is 0 Å². The van der Waals surface area contributed by atoms with Crippen LogP contribution in [0.5, 0.6) is 0 Å². The van der Waals surface area contributed by atoms with Gasteiger partial charge in [0, 0.05) is 0 Å². The van der Waals surface area contributed by atoms with Crippen LogP contribution >= 0.6 is 0 Å². The fourth-order valence-electron chi connectivity index (χ4n) is 2.84. The molecule has 0 bridgehead atoms. The molecule has 0 heterocycles. The lowest BCUT2D eigenvalue weighted by Crippen LogP contribution is -2.16. The third-order valence-electron chi connectivity index (χ3n) is 4.17. The van der Waals surface area contributed by atoms with Crippen molar-refractivity contribution >= 4 is 25.5 Å². The summed E-state index contributed by atoms with van der Waals surface area (Å²) < 4.78 is 67.5. The van der Waals surface area contributed by atoms with E-state index in [1.807, 2.05) is 0 Å². The highest BCUT2D eigenvalue weighted by Crippen LogP contribution is 2.30. The molecule has 146 valence electrons. The molecule has 0 aliphatic heterocycles. The Morgan fingerprint density at radius 1 is 0.786 bits per heavy atom. The van der Waals surface area contributed by atoms with Gasteiger partial charge in [-0.15, -0.1) is 0 Å². The maximum Gasteiger partial charge on any atom is 0.262 e. The van der Waals surface area contributed by atoms with Crippen molar-refractivity contribution in [2.45, 2.75) is 28.5 Å². The third kappa shape index (κ3) is 3.93. The Hall–Kier alpha value is -2.71. The molecule has 0 spiro atoms. The summed E-state index contributed by atoms with van der Waals surface area (Å²) in [7, 11) is -8.04. The summed E-state index contributed by atoms with van der Waals surface area (Å²) in [6, 6.07) is 15.7. The molecule has 3 rings (SSSR count). The number of rotatable bonds is 5. The van der Waals surface area contributed by atoms with Gasteiger partial charge in [0.05, 0.1) is 20.4 Å². The van der Waals surface area contributed by atoms with Gasteiger partial charge < -0.3 is 0 Å². The predicted molar refractivity (Wildman–Crippen MR) is 105 cm³/mol. The summed E-state index contributed by atoms with van der Waals surface area (Å²) in [6.07, 6.45) is 0. The molecule has 0 saturated carbocycles. The van der Waals surface area contributed by atoms with E-state index in [0.717, 1.165) is 6.07 Å². The molecule has 0 unspecified atom stereocenters. The quantitative estimate of drug-likeness (QED) is 0.676. The summed E-state index contributed by atoms with van der Waals surface area (Å²) in [6.45, 7) is 3.06. The lowest BCUT2D eigenvalue weighted by Gasteiger charge is -2.15. The van der Waals surface area contributed by atoms with Crippen LogP contribution in [0.15, 0.2) is 81.4 Å². The Morgan fingerprint density at radius 2 is 1.43 bits per heavy atom. The van der Waals surface area contributed by atoms with Crippen LogP contribution in [-0.2, 0) is 19.9 Å². The van der Waals surface area contributed by atoms with Crippen LogP contribution in [0.2, 0.25) is 0 Å². The van der Waals surface area contributed by atoms with Crippen LogP contribution in [0, 0.1) is 19.7 Å². The van der Waals surface area contributed by atoms with E-state index in [2.05, 4.69) is 4.72 Å². The number of benzene rings is 3. The van der Waals surface area contributed by atoms with Crippen molar-refractivity contribution in [3.05, 3.63) is 83.7 Å². The molecule has 0 aromatic heterocycles. The van der Waals surface area contributed by atoms with E-state index in [1.54, 1.807) is 25.1 Å². The Morgan fingerprint density at radius 3 is 2.07 bits per heavy atom. The van der Waals surface area contributed by atoms with Crippen molar-refractivity contribution in [3.63, 3.8) is 0 Å². The average Bonchev–Trinajstić information content (AvgIpc) is 2.63. The molecule has 8 heteroatoms. The summed E-state index contributed by atoms with van der Waals surface area (Å²) >= 11 is 0. The predicted octanol–water partition coefficient (Wildman–Crippen LogP) is 4.08. The second-order valence-electron chi connectivity index (χ2n) is 6.32. The number of hydrogen-bond acceptors (Lipinski definition) is 4. The van der Waals surface area contributed by atoms with E-state index < -0.39 is 25.7 Å². The number of sulfone groups is 1. The lowest BCUT2D eigenvalue weighted by molar-refractivity contribution is 0.594. The van der Waals surface area contributed by atoms with Crippen LogP contribution in [0.1, 0.15) is 11.1 Å². The van der Waals surface area contributed by atoms with Gasteiger partial charge in [0.25, 0.3) is 10.0 Å². The number of sulfonamides is 1. The molecule has 0 aliphatic rings. The van der Waals surface area contributed by atoms with Gasteiger partial charge in [0.1, 0.15) is 5.82 Å². The second kappa shape index (κ2) is 7.37. The van der Waals surface area contributed by atoms with Crippen molar-refractivity contribution in [3.8, 4) is 0 Å². The lowest BCUT2D eigenvalue weighted by atomic mass is 10.2.